The largest absolute Gasteiger partial charge is 0.462 e. The number of hydrogen-bond donors (Lipinski definition) is 1. The monoisotopic (exact) mass is 458 g/mol. The Morgan fingerprint density at radius 1 is 1.00 bits per heavy atom. The number of benzene rings is 2. The molecule has 4 rings (SSSR count). The molecular formula is C26H22N2O4S. The number of anilines is 1. The van der Waals surface area contributed by atoms with Gasteiger partial charge in [0.05, 0.1) is 6.61 Å². The molecule has 0 saturated carbocycles. The van der Waals surface area contributed by atoms with Crippen molar-refractivity contribution in [3.8, 4) is 22.8 Å². The van der Waals surface area contributed by atoms with Gasteiger partial charge in [0.25, 0.3) is 5.91 Å². The van der Waals surface area contributed by atoms with Gasteiger partial charge in [0.2, 0.25) is 5.88 Å². The number of hydrogen-bond acceptors (Lipinski definition) is 6. The number of pyridine rings is 1. The number of carbonyl (C=O) groups is 2. The lowest BCUT2D eigenvalue weighted by molar-refractivity contribution is 0.0529. The molecule has 2 heterocycles. The van der Waals surface area contributed by atoms with Crippen LogP contribution in [0, 0.1) is 6.92 Å². The molecule has 33 heavy (non-hydrogen) atoms. The van der Waals surface area contributed by atoms with Gasteiger partial charge in [-0.3, -0.25) is 4.79 Å². The lowest BCUT2D eigenvalue weighted by Crippen LogP contribution is -2.15. The van der Waals surface area contributed by atoms with Gasteiger partial charge in [-0.1, -0.05) is 42.5 Å². The maximum absolute atomic E-state index is 13.1. The second-order valence-electron chi connectivity index (χ2n) is 7.08. The van der Waals surface area contributed by atoms with Gasteiger partial charge in [-0.2, -0.15) is 0 Å². The minimum absolute atomic E-state index is 0.238. The lowest BCUT2D eigenvalue weighted by atomic mass is 10.0. The fraction of sp³-hybridized carbons (Fsp3) is 0.115. The zero-order valence-corrected chi connectivity index (χ0v) is 19.0. The van der Waals surface area contributed by atoms with Crippen LogP contribution >= 0.6 is 11.3 Å². The average molecular weight is 459 g/mol. The van der Waals surface area contributed by atoms with Gasteiger partial charge in [0.15, 0.2) is 0 Å². The summed E-state index contributed by atoms with van der Waals surface area (Å²) < 4.78 is 11.0. The summed E-state index contributed by atoms with van der Waals surface area (Å²) >= 11 is 1.35. The number of nitrogens with one attached hydrogen (secondary N) is 1. The van der Waals surface area contributed by atoms with Crippen LogP contribution in [0.1, 0.15) is 32.5 Å². The van der Waals surface area contributed by atoms with Crippen LogP contribution in [0.2, 0.25) is 0 Å². The Hall–Kier alpha value is -3.97. The number of nitrogens with zero attached hydrogens (tertiary/aromatic N) is 1. The smallest absolute Gasteiger partial charge is 0.341 e. The number of aryl methyl sites for hydroxylation is 1. The van der Waals surface area contributed by atoms with Gasteiger partial charge in [0, 0.05) is 28.3 Å². The van der Waals surface area contributed by atoms with E-state index in [1.54, 1.807) is 49.5 Å². The topological polar surface area (TPSA) is 77.5 Å². The van der Waals surface area contributed by atoms with E-state index in [-0.39, 0.29) is 12.5 Å². The minimum Gasteiger partial charge on any atom is -0.462 e. The molecule has 1 amide bonds. The molecule has 4 aromatic rings. The molecule has 166 valence electrons. The van der Waals surface area contributed by atoms with E-state index in [1.165, 1.54) is 11.3 Å². The van der Waals surface area contributed by atoms with Crippen molar-refractivity contribution < 1.29 is 19.1 Å². The number of esters is 1. The molecule has 0 atom stereocenters. The van der Waals surface area contributed by atoms with Crippen LogP contribution in [-0.2, 0) is 4.74 Å². The van der Waals surface area contributed by atoms with Crippen LogP contribution in [0.15, 0.2) is 79.0 Å². The van der Waals surface area contributed by atoms with Crippen molar-refractivity contribution in [3.05, 3.63) is 95.0 Å². The Labute approximate surface area is 195 Å². The van der Waals surface area contributed by atoms with Gasteiger partial charge in [0.1, 0.15) is 16.3 Å². The summed E-state index contributed by atoms with van der Waals surface area (Å²) in [5.74, 6) is 0.0939. The van der Waals surface area contributed by atoms with Gasteiger partial charge < -0.3 is 14.8 Å². The highest BCUT2D eigenvalue weighted by atomic mass is 32.1. The Morgan fingerprint density at radius 2 is 1.79 bits per heavy atom. The number of amides is 1. The molecule has 0 aliphatic heterocycles. The third-order valence-corrected chi connectivity index (χ3v) is 5.83. The van der Waals surface area contributed by atoms with E-state index in [1.807, 2.05) is 43.3 Å². The molecule has 2 aromatic heterocycles. The Bertz CT molecular complexity index is 1270. The number of carbonyl (C=O) groups excluding carboxylic acids is 2. The number of ether oxygens (including phenoxy) is 2. The van der Waals surface area contributed by atoms with Gasteiger partial charge in [-0.25, -0.2) is 9.78 Å². The molecular weight excluding hydrogens is 436 g/mol. The zero-order valence-electron chi connectivity index (χ0n) is 18.2. The first-order chi connectivity index (χ1) is 16.1. The maximum Gasteiger partial charge on any atom is 0.341 e. The average Bonchev–Trinajstić information content (AvgIpc) is 3.16. The molecule has 0 bridgehead atoms. The molecule has 0 aliphatic rings. The summed E-state index contributed by atoms with van der Waals surface area (Å²) in [6, 6.07) is 21.7. The first kappa shape index (κ1) is 22.2. The van der Waals surface area contributed by atoms with Gasteiger partial charge >= 0.3 is 5.97 Å². The summed E-state index contributed by atoms with van der Waals surface area (Å²) in [6.07, 6.45) is 1.63. The highest BCUT2D eigenvalue weighted by Crippen LogP contribution is 2.40. The van der Waals surface area contributed by atoms with E-state index >= 15 is 0 Å². The van der Waals surface area contributed by atoms with Gasteiger partial charge in [-0.15, -0.1) is 11.3 Å². The number of thiophene rings is 1. The van der Waals surface area contributed by atoms with Crippen LogP contribution in [-0.4, -0.2) is 23.5 Å². The van der Waals surface area contributed by atoms with Crippen molar-refractivity contribution in [2.45, 2.75) is 13.8 Å². The number of aromatic nitrogens is 1. The van der Waals surface area contributed by atoms with Crippen molar-refractivity contribution in [1.29, 1.82) is 0 Å². The van der Waals surface area contributed by atoms with Gasteiger partial charge in [-0.05, 0) is 43.7 Å². The fourth-order valence-corrected chi connectivity index (χ4v) is 4.45. The molecule has 1 N–H and O–H groups in total. The molecule has 6 nitrogen and oxygen atoms in total. The van der Waals surface area contributed by atoms with E-state index in [9.17, 15) is 9.59 Å². The number of rotatable bonds is 7. The highest BCUT2D eigenvalue weighted by molar-refractivity contribution is 7.17. The molecule has 2 aromatic carbocycles. The molecule has 0 saturated heterocycles. The van der Waals surface area contributed by atoms with Crippen LogP contribution in [0.4, 0.5) is 5.00 Å². The zero-order chi connectivity index (χ0) is 23.2. The standard InChI is InChI=1S/C26H22N2O4S/c1-3-31-26(30)23-22(18-10-5-4-6-11-18)17(2)33-25(23)28-24(29)19-12-9-13-20(16-19)32-21-14-7-8-15-27-21/h4-16H,3H2,1-2H3,(H,28,29). The van der Waals surface area contributed by atoms with Crippen molar-refractivity contribution in [3.63, 3.8) is 0 Å². The highest BCUT2D eigenvalue weighted by Gasteiger charge is 2.25. The van der Waals surface area contributed by atoms with Crippen LogP contribution in [0.5, 0.6) is 11.6 Å². The first-order valence-electron chi connectivity index (χ1n) is 10.4. The molecule has 7 heteroatoms. The predicted octanol–water partition coefficient (Wildman–Crippen LogP) is 6.34. The first-order valence-corrected chi connectivity index (χ1v) is 11.2. The van der Waals surface area contributed by atoms with Crippen molar-refractivity contribution in [2.24, 2.45) is 0 Å². The Kier molecular flexibility index (Phi) is 6.80. The van der Waals surface area contributed by atoms with E-state index in [0.717, 1.165) is 16.0 Å². The molecule has 0 aliphatic carbocycles. The second kappa shape index (κ2) is 10.1. The SMILES string of the molecule is CCOC(=O)c1c(NC(=O)c2cccc(Oc3ccccn3)c2)sc(C)c1-c1ccccc1. The molecule has 0 unspecified atom stereocenters. The minimum atomic E-state index is -0.469. The summed E-state index contributed by atoms with van der Waals surface area (Å²) in [7, 11) is 0. The van der Waals surface area contributed by atoms with E-state index in [2.05, 4.69) is 10.3 Å². The van der Waals surface area contributed by atoms with Crippen molar-refractivity contribution in [2.75, 3.05) is 11.9 Å². The lowest BCUT2D eigenvalue weighted by Gasteiger charge is -2.10. The van der Waals surface area contributed by atoms with E-state index < -0.39 is 5.97 Å². The van der Waals surface area contributed by atoms with E-state index in [0.29, 0.717) is 27.8 Å². The summed E-state index contributed by atoms with van der Waals surface area (Å²) in [4.78, 5) is 31.0. The van der Waals surface area contributed by atoms with E-state index in [4.69, 9.17) is 9.47 Å². The summed E-state index contributed by atoms with van der Waals surface area (Å²) in [6.45, 7) is 3.92. The molecule has 0 spiro atoms. The van der Waals surface area contributed by atoms with Crippen LogP contribution < -0.4 is 10.1 Å². The third-order valence-electron chi connectivity index (χ3n) is 4.81. The maximum atomic E-state index is 13.1. The third kappa shape index (κ3) is 5.10. The molecule has 0 radical (unpaired) electrons. The normalized spacial score (nSPS) is 10.5. The van der Waals surface area contributed by atoms with Crippen molar-refractivity contribution >= 4 is 28.2 Å². The molecule has 0 fully saturated rings. The Morgan fingerprint density at radius 3 is 2.52 bits per heavy atom. The fourth-order valence-electron chi connectivity index (χ4n) is 3.39. The quantitative estimate of drug-likeness (QED) is 0.327. The van der Waals surface area contributed by atoms with Crippen molar-refractivity contribution in [1.82, 2.24) is 4.98 Å². The second-order valence-corrected chi connectivity index (χ2v) is 8.30. The Balaban J connectivity index is 1.64. The van der Waals surface area contributed by atoms with Crippen LogP contribution in [0.25, 0.3) is 11.1 Å². The summed E-state index contributed by atoms with van der Waals surface area (Å²) in [5.41, 5.74) is 2.41. The summed E-state index contributed by atoms with van der Waals surface area (Å²) in [5, 5.41) is 3.35. The predicted molar refractivity (Wildman–Crippen MR) is 129 cm³/mol. The van der Waals surface area contributed by atoms with Crippen LogP contribution in [0.3, 0.4) is 0 Å².